The Bertz CT molecular complexity index is 710. The predicted molar refractivity (Wildman–Crippen MR) is 96.0 cm³/mol. The maximum absolute atomic E-state index is 12.6. The molecular weight excluding hydrogens is 367 g/mol. The van der Waals surface area contributed by atoms with Crippen LogP contribution in [0.25, 0.3) is 0 Å². The fraction of sp³-hybridized carbons (Fsp3) is 0.471. The van der Waals surface area contributed by atoms with Crippen molar-refractivity contribution in [2.75, 3.05) is 11.4 Å². The topological polar surface area (TPSA) is 86.7 Å². The molecule has 2 amide bonds. The maximum Gasteiger partial charge on any atom is 0.329 e. The lowest BCUT2D eigenvalue weighted by Gasteiger charge is -2.27. The molecule has 0 radical (unpaired) electrons. The third-order valence-corrected chi connectivity index (χ3v) is 4.90. The molecule has 8 heteroatoms. The van der Waals surface area contributed by atoms with E-state index in [0.717, 1.165) is 0 Å². The van der Waals surface area contributed by atoms with Crippen LogP contribution in [0, 0.1) is 5.92 Å². The molecule has 2 atom stereocenters. The Morgan fingerprint density at radius 2 is 2.08 bits per heavy atom. The second-order valence-electron chi connectivity index (χ2n) is 6.30. The minimum atomic E-state index is -1.40. The van der Waals surface area contributed by atoms with Crippen LogP contribution in [0.3, 0.4) is 0 Å². The van der Waals surface area contributed by atoms with Gasteiger partial charge in [0.15, 0.2) is 0 Å². The first kappa shape index (κ1) is 19.5. The molecular formula is C17H20Cl2N2O4. The summed E-state index contributed by atoms with van der Waals surface area (Å²) in [7, 11) is 0. The maximum atomic E-state index is 12.6. The number of carboxylic acids is 1. The summed E-state index contributed by atoms with van der Waals surface area (Å²) in [5.74, 6) is -3.05. The first-order valence-corrected chi connectivity index (χ1v) is 8.77. The number of nitrogens with one attached hydrogen (secondary N) is 1. The van der Waals surface area contributed by atoms with E-state index < -0.39 is 29.2 Å². The molecule has 2 unspecified atom stereocenters. The van der Waals surface area contributed by atoms with E-state index in [1.165, 1.54) is 11.8 Å². The van der Waals surface area contributed by atoms with Gasteiger partial charge in [0.05, 0.1) is 10.7 Å². The first-order valence-electron chi connectivity index (χ1n) is 8.01. The highest BCUT2D eigenvalue weighted by Gasteiger charge is 2.42. The average Bonchev–Trinajstić information content (AvgIpc) is 2.91. The van der Waals surface area contributed by atoms with Crippen LogP contribution in [0.1, 0.15) is 33.1 Å². The number of halogens is 2. The number of carbonyl (C=O) groups excluding carboxylic acids is 2. The molecule has 2 N–H and O–H groups in total. The van der Waals surface area contributed by atoms with Crippen molar-refractivity contribution in [3.63, 3.8) is 0 Å². The van der Waals surface area contributed by atoms with Crippen LogP contribution >= 0.6 is 23.2 Å². The largest absolute Gasteiger partial charge is 0.480 e. The molecule has 1 heterocycles. The fourth-order valence-electron chi connectivity index (χ4n) is 2.94. The molecule has 1 fully saturated rings. The number of benzene rings is 1. The summed E-state index contributed by atoms with van der Waals surface area (Å²) in [6.07, 6.45) is 1.15. The van der Waals surface area contributed by atoms with Gasteiger partial charge in [-0.3, -0.25) is 9.59 Å². The molecule has 2 rings (SSSR count). The van der Waals surface area contributed by atoms with Gasteiger partial charge in [-0.15, -0.1) is 0 Å². The molecule has 1 aliphatic rings. The molecule has 6 nitrogen and oxygen atoms in total. The van der Waals surface area contributed by atoms with Crippen LogP contribution < -0.4 is 10.2 Å². The SMILES string of the molecule is CCCC(C)(NC(=O)C1CCN(c2cc(Cl)ccc2Cl)C1=O)C(=O)O. The molecule has 0 spiro atoms. The standard InChI is InChI=1S/C17H20Cl2N2O4/c1-3-7-17(2,16(24)25)20-14(22)11-6-8-21(15(11)23)13-9-10(18)4-5-12(13)19/h4-5,9,11H,3,6-8H2,1-2H3,(H,20,22)(H,24,25). The van der Waals surface area contributed by atoms with Gasteiger partial charge in [0.1, 0.15) is 11.5 Å². The smallest absolute Gasteiger partial charge is 0.329 e. The molecule has 0 aromatic heterocycles. The van der Waals surface area contributed by atoms with Crippen LogP contribution in [0.15, 0.2) is 18.2 Å². The number of nitrogens with zero attached hydrogens (tertiary/aromatic N) is 1. The Morgan fingerprint density at radius 3 is 2.68 bits per heavy atom. The molecule has 0 bridgehead atoms. The van der Waals surface area contributed by atoms with Crippen molar-refractivity contribution < 1.29 is 19.5 Å². The highest BCUT2D eigenvalue weighted by Crippen LogP contribution is 2.33. The Hall–Kier alpha value is -1.79. The Morgan fingerprint density at radius 1 is 1.40 bits per heavy atom. The van der Waals surface area contributed by atoms with E-state index in [9.17, 15) is 19.5 Å². The lowest BCUT2D eigenvalue weighted by Crippen LogP contribution is -2.54. The van der Waals surface area contributed by atoms with Gasteiger partial charge in [-0.1, -0.05) is 36.5 Å². The van der Waals surface area contributed by atoms with Crippen molar-refractivity contribution in [1.82, 2.24) is 5.32 Å². The second kappa shape index (κ2) is 7.62. The Labute approximate surface area is 156 Å². The van der Waals surface area contributed by atoms with Crippen LogP contribution in [-0.4, -0.2) is 35.0 Å². The number of carboxylic acid groups (broad SMARTS) is 1. The number of hydrogen-bond donors (Lipinski definition) is 2. The van der Waals surface area contributed by atoms with Crippen LogP contribution in [-0.2, 0) is 14.4 Å². The number of rotatable bonds is 6. The van der Waals surface area contributed by atoms with Crippen LogP contribution in [0.5, 0.6) is 0 Å². The molecule has 1 aliphatic heterocycles. The average molecular weight is 387 g/mol. The van der Waals surface area contributed by atoms with Crippen molar-refractivity contribution in [2.45, 2.75) is 38.6 Å². The van der Waals surface area contributed by atoms with Gasteiger partial charge in [0.25, 0.3) is 0 Å². The highest BCUT2D eigenvalue weighted by atomic mass is 35.5. The van der Waals surface area contributed by atoms with Crippen molar-refractivity contribution in [2.24, 2.45) is 5.92 Å². The summed E-state index contributed by atoms with van der Waals surface area (Å²) in [5, 5.41) is 12.7. The van der Waals surface area contributed by atoms with Gasteiger partial charge >= 0.3 is 5.97 Å². The van der Waals surface area contributed by atoms with Crippen LogP contribution in [0.4, 0.5) is 5.69 Å². The van der Waals surface area contributed by atoms with Gasteiger partial charge in [-0.05, 0) is 38.0 Å². The highest BCUT2D eigenvalue weighted by molar-refractivity contribution is 6.36. The number of amides is 2. The fourth-order valence-corrected chi connectivity index (χ4v) is 3.32. The van der Waals surface area contributed by atoms with Gasteiger partial charge in [-0.25, -0.2) is 4.79 Å². The van der Waals surface area contributed by atoms with E-state index in [4.69, 9.17) is 23.2 Å². The van der Waals surface area contributed by atoms with E-state index in [2.05, 4.69) is 5.32 Å². The van der Waals surface area contributed by atoms with E-state index >= 15 is 0 Å². The van der Waals surface area contributed by atoms with Crippen molar-refractivity contribution in [3.05, 3.63) is 28.2 Å². The van der Waals surface area contributed by atoms with Gasteiger partial charge in [0.2, 0.25) is 11.8 Å². The van der Waals surface area contributed by atoms with Gasteiger partial charge < -0.3 is 15.3 Å². The van der Waals surface area contributed by atoms with Gasteiger partial charge in [0, 0.05) is 11.6 Å². The van der Waals surface area contributed by atoms with E-state index in [0.29, 0.717) is 28.7 Å². The normalized spacial score (nSPS) is 19.6. The summed E-state index contributed by atoms with van der Waals surface area (Å²) < 4.78 is 0. The summed E-state index contributed by atoms with van der Waals surface area (Å²) in [5.41, 5.74) is -0.947. The summed E-state index contributed by atoms with van der Waals surface area (Å²) >= 11 is 12.1. The third kappa shape index (κ3) is 4.07. The minimum absolute atomic E-state index is 0.277. The van der Waals surface area contributed by atoms with E-state index in [-0.39, 0.29) is 12.8 Å². The lowest BCUT2D eigenvalue weighted by atomic mass is 9.94. The zero-order valence-corrected chi connectivity index (χ0v) is 15.5. The van der Waals surface area contributed by atoms with E-state index in [1.54, 1.807) is 18.2 Å². The molecule has 1 aromatic rings. The molecule has 1 saturated heterocycles. The quantitative estimate of drug-likeness (QED) is 0.735. The number of hydrogen-bond acceptors (Lipinski definition) is 3. The zero-order valence-electron chi connectivity index (χ0n) is 14.0. The molecule has 0 aliphatic carbocycles. The van der Waals surface area contributed by atoms with Crippen molar-refractivity contribution in [1.29, 1.82) is 0 Å². The second-order valence-corrected chi connectivity index (χ2v) is 7.15. The Balaban J connectivity index is 2.17. The number of carbonyl (C=O) groups is 3. The Kier molecular flexibility index (Phi) is 5.95. The summed E-state index contributed by atoms with van der Waals surface area (Å²) in [6, 6.07) is 4.77. The number of aliphatic carboxylic acids is 1. The summed E-state index contributed by atoms with van der Waals surface area (Å²) in [4.78, 5) is 38.0. The number of anilines is 1. The first-order chi connectivity index (χ1) is 11.7. The monoisotopic (exact) mass is 386 g/mol. The molecule has 136 valence electrons. The third-order valence-electron chi connectivity index (χ3n) is 4.34. The minimum Gasteiger partial charge on any atom is -0.480 e. The molecule has 25 heavy (non-hydrogen) atoms. The summed E-state index contributed by atoms with van der Waals surface area (Å²) in [6.45, 7) is 3.59. The van der Waals surface area contributed by atoms with Gasteiger partial charge in [-0.2, -0.15) is 0 Å². The molecule has 0 saturated carbocycles. The van der Waals surface area contributed by atoms with Crippen molar-refractivity contribution >= 4 is 46.7 Å². The lowest BCUT2D eigenvalue weighted by molar-refractivity contribution is -0.148. The van der Waals surface area contributed by atoms with Crippen molar-refractivity contribution in [3.8, 4) is 0 Å². The predicted octanol–water partition coefficient (Wildman–Crippen LogP) is 3.11. The zero-order chi connectivity index (χ0) is 18.8. The van der Waals surface area contributed by atoms with E-state index in [1.807, 2.05) is 6.92 Å². The molecule has 1 aromatic carbocycles. The van der Waals surface area contributed by atoms with Crippen LogP contribution in [0.2, 0.25) is 10.0 Å².